The van der Waals surface area contributed by atoms with Crippen LogP contribution in [0.2, 0.25) is 0 Å². The van der Waals surface area contributed by atoms with Crippen LogP contribution in [0.25, 0.3) is 0 Å². The minimum Gasteiger partial charge on any atom is -0.497 e. The number of aromatic nitrogens is 2. The molecule has 1 aliphatic rings. The summed E-state index contributed by atoms with van der Waals surface area (Å²) in [7, 11) is 1.69. The molecule has 0 bridgehead atoms. The van der Waals surface area contributed by atoms with Gasteiger partial charge in [0.1, 0.15) is 5.75 Å². The van der Waals surface area contributed by atoms with E-state index in [-0.39, 0.29) is 6.61 Å². The van der Waals surface area contributed by atoms with Crippen molar-refractivity contribution in [3.05, 3.63) is 47.8 Å². The molecule has 1 saturated heterocycles. The predicted octanol–water partition coefficient (Wildman–Crippen LogP) is 2.72. The van der Waals surface area contributed by atoms with Gasteiger partial charge in [-0.15, -0.1) is 0 Å². The third-order valence-corrected chi connectivity index (χ3v) is 5.21. The fourth-order valence-corrected chi connectivity index (χ4v) is 3.61. The second-order valence-electron chi connectivity index (χ2n) is 7.25. The van der Waals surface area contributed by atoms with Gasteiger partial charge < -0.3 is 14.7 Å². The molecule has 0 unspecified atom stereocenters. The Kier molecular flexibility index (Phi) is 5.76. The summed E-state index contributed by atoms with van der Waals surface area (Å²) in [4.78, 5) is 2.46. The molecule has 25 heavy (non-hydrogen) atoms. The summed E-state index contributed by atoms with van der Waals surface area (Å²) in [6.45, 7) is 7.45. The van der Waals surface area contributed by atoms with E-state index < -0.39 is 0 Å². The molecule has 136 valence electrons. The molecule has 2 atom stereocenters. The molecule has 1 N–H and O–H groups in total. The van der Waals surface area contributed by atoms with Crippen LogP contribution in [0, 0.1) is 5.92 Å². The molecule has 2 aromatic rings. The third-order valence-electron chi connectivity index (χ3n) is 5.21. The van der Waals surface area contributed by atoms with E-state index in [1.165, 1.54) is 11.1 Å². The van der Waals surface area contributed by atoms with Gasteiger partial charge in [0.2, 0.25) is 0 Å². The Balaban J connectivity index is 1.60. The summed E-state index contributed by atoms with van der Waals surface area (Å²) in [5.41, 5.74) is 2.57. The average molecular weight is 343 g/mol. The van der Waals surface area contributed by atoms with E-state index in [9.17, 15) is 5.11 Å². The molecule has 0 radical (unpaired) electrons. The Bertz CT molecular complexity index is 666. The van der Waals surface area contributed by atoms with Crippen LogP contribution in [-0.4, -0.2) is 53.1 Å². The smallest absolute Gasteiger partial charge is 0.118 e. The normalized spacial score (nSPS) is 21.2. The number of methoxy groups -OCH3 is 1. The van der Waals surface area contributed by atoms with Crippen molar-refractivity contribution < 1.29 is 9.84 Å². The van der Waals surface area contributed by atoms with Crippen LogP contribution in [0.15, 0.2) is 36.7 Å². The van der Waals surface area contributed by atoms with Crippen LogP contribution >= 0.6 is 0 Å². The number of likely N-dealkylation sites (tertiary alicyclic amines) is 1. The van der Waals surface area contributed by atoms with Gasteiger partial charge in [-0.25, -0.2) is 0 Å². The number of rotatable bonds is 7. The van der Waals surface area contributed by atoms with Crippen molar-refractivity contribution >= 4 is 0 Å². The molecule has 1 aliphatic heterocycles. The number of benzene rings is 1. The molecular formula is C20H29N3O2. The first-order valence-electron chi connectivity index (χ1n) is 9.11. The number of hydrogen-bond acceptors (Lipinski definition) is 4. The van der Waals surface area contributed by atoms with Gasteiger partial charge in [0.15, 0.2) is 0 Å². The summed E-state index contributed by atoms with van der Waals surface area (Å²) in [5, 5.41) is 14.3. The zero-order valence-electron chi connectivity index (χ0n) is 15.4. The van der Waals surface area contributed by atoms with Crippen LogP contribution in [0.4, 0.5) is 0 Å². The minimum absolute atomic E-state index is 0.233. The maximum atomic E-state index is 9.81. The Morgan fingerprint density at radius 2 is 2.00 bits per heavy atom. The van der Waals surface area contributed by atoms with E-state index in [0.717, 1.165) is 31.8 Å². The lowest BCUT2D eigenvalue weighted by atomic mass is 9.92. The predicted molar refractivity (Wildman–Crippen MR) is 99.1 cm³/mol. The topological polar surface area (TPSA) is 50.5 Å². The van der Waals surface area contributed by atoms with Gasteiger partial charge in [-0.1, -0.05) is 12.1 Å². The first-order chi connectivity index (χ1) is 12.1. The fraction of sp³-hybridized carbons (Fsp3) is 0.550. The molecule has 0 aliphatic carbocycles. The van der Waals surface area contributed by atoms with E-state index in [4.69, 9.17) is 4.74 Å². The molecule has 5 nitrogen and oxygen atoms in total. The molecule has 3 rings (SSSR count). The van der Waals surface area contributed by atoms with E-state index in [1.54, 1.807) is 7.11 Å². The summed E-state index contributed by atoms with van der Waals surface area (Å²) in [6, 6.07) is 8.65. The number of hydrogen-bond donors (Lipinski definition) is 1. The zero-order chi connectivity index (χ0) is 17.8. The van der Waals surface area contributed by atoms with Crippen molar-refractivity contribution in [2.75, 3.05) is 33.4 Å². The Morgan fingerprint density at radius 3 is 2.60 bits per heavy atom. The minimum atomic E-state index is 0.233. The number of ether oxygens (including phenoxy) is 1. The maximum Gasteiger partial charge on any atom is 0.118 e. The molecule has 1 fully saturated rings. The van der Waals surface area contributed by atoms with Gasteiger partial charge in [0.05, 0.1) is 13.3 Å². The second kappa shape index (κ2) is 8.02. The first kappa shape index (κ1) is 18.0. The molecule has 2 heterocycles. The van der Waals surface area contributed by atoms with Crippen LogP contribution in [0.1, 0.15) is 36.9 Å². The second-order valence-corrected chi connectivity index (χ2v) is 7.25. The Morgan fingerprint density at radius 1 is 1.24 bits per heavy atom. The van der Waals surface area contributed by atoms with Crippen molar-refractivity contribution in [3.63, 3.8) is 0 Å². The number of aliphatic hydroxyl groups excluding tert-OH is 1. The van der Waals surface area contributed by atoms with Crippen molar-refractivity contribution in [2.45, 2.75) is 32.2 Å². The highest BCUT2D eigenvalue weighted by molar-refractivity contribution is 5.27. The van der Waals surface area contributed by atoms with Crippen LogP contribution in [0.5, 0.6) is 5.75 Å². The lowest BCUT2D eigenvalue weighted by Crippen LogP contribution is -2.24. The van der Waals surface area contributed by atoms with Crippen LogP contribution < -0.4 is 4.74 Å². The van der Waals surface area contributed by atoms with Crippen molar-refractivity contribution in [2.24, 2.45) is 5.92 Å². The van der Waals surface area contributed by atoms with Crippen molar-refractivity contribution in [3.8, 4) is 5.75 Å². The first-order valence-corrected chi connectivity index (χ1v) is 9.11. The standard InChI is InChI=1S/C20H29N3O2/c1-15(2)23-12-17(10-21-23)20-13-22(11-18(20)14-24)9-8-16-4-6-19(25-3)7-5-16/h4-7,10,12,15,18,20,24H,8-9,11,13-14H2,1-3H3/t18-,20-/m0/s1. The lowest BCUT2D eigenvalue weighted by molar-refractivity contribution is 0.215. The maximum absolute atomic E-state index is 9.81. The highest BCUT2D eigenvalue weighted by Crippen LogP contribution is 2.32. The van der Waals surface area contributed by atoms with Crippen LogP contribution in [0.3, 0.4) is 0 Å². The van der Waals surface area contributed by atoms with Gasteiger partial charge >= 0.3 is 0 Å². The Labute approximate surface area is 150 Å². The average Bonchev–Trinajstić information content (AvgIpc) is 3.27. The quantitative estimate of drug-likeness (QED) is 0.840. The number of nitrogens with zero attached hydrogens (tertiary/aromatic N) is 3. The number of aliphatic hydroxyl groups is 1. The van der Waals surface area contributed by atoms with Gasteiger partial charge in [-0.3, -0.25) is 4.68 Å². The Hall–Kier alpha value is -1.85. The largest absolute Gasteiger partial charge is 0.497 e. The highest BCUT2D eigenvalue weighted by Gasteiger charge is 2.33. The van der Waals surface area contributed by atoms with Crippen molar-refractivity contribution in [1.82, 2.24) is 14.7 Å². The SMILES string of the molecule is COc1ccc(CCN2C[C@@H](CO)[C@H](c3cnn(C(C)C)c3)C2)cc1. The molecule has 1 aromatic carbocycles. The van der Waals surface area contributed by atoms with Gasteiger partial charge in [0, 0.05) is 50.3 Å². The van der Waals surface area contributed by atoms with Gasteiger partial charge in [-0.05, 0) is 43.5 Å². The van der Waals surface area contributed by atoms with Crippen molar-refractivity contribution in [1.29, 1.82) is 0 Å². The molecule has 0 spiro atoms. The van der Waals surface area contributed by atoms with E-state index >= 15 is 0 Å². The molecule has 0 amide bonds. The fourth-order valence-electron chi connectivity index (χ4n) is 3.61. The van der Waals surface area contributed by atoms with Gasteiger partial charge in [0.25, 0.3) is 0 Å². The molecular weight excluding hydrogens is 314 g/mol. The zero-order valence-corrected chi connectivity index (χ0v) is 15.4. The molecule has 5 heteroatoms. The van der Waals surface area contributed by atoms with E-state index in [2.05, 4.69) is 42.2 Å². The monoisotopic (exact) mass is 343 g/mol. The summed E-state index contributed by atoms with van der Waals surface area (Å²) >= 11 is 0. The van der Waals surface area contributed by atoms with Gasteiger partial charge in [-0.2, -0.15) is 5.10 Å². The lowest BCUT2D eigenvalue weighted by Gasteiger charge is -2.15. The summed E-state index contributed by atoms with van der Waals surface area (Å²) in [5.74, 6) is 1.56. The molecule has 0 saturated carbocycles. The molecule has 1 aromatic heterocycles. The van der Waals surface area contributed by atoms with E-state index in [1.807, 2.05) is 23.0 Å². The third kappa shape index (κ3) is 4.22. The summed E-state index contributed by atoms with van der Waals surface area (Å²) < 4.78 is 7.22. The summed E-state index contributed by atoms with van der Waals surface area (Å²) in [6.07, 6.45) is 5.13. The van der Waals surface area contributed by atoms with E-state index in [0.29, 0.717) is 17.9 Å². The van der Waals surface area contributed by atoms with Crippen LogP contribution in [-0.2, 0) is 6.42 Å². The highest BCUT2D eigenvalue weighted by atomic mass is 16.5.